The molecule has 0 spiro atoms. The molecule has 0 unspecified atom stereocenters. The van der Waals surface area contributed by atoms with Crippen LogP contribution in [0, 0.1) is 0 Å². The van der Waals surface area contributed by atoms with Crippen LogP contribution in [0.2, 0.25) is 0 Å². The van der Waals surface area contributed by atoms with Crippen molar-refractivity contribution < 1.29 is 9.53 Å². The Morgan fingerprint density at radius 2 is 1.91 bits per heavy atom. The number of hydrogen-bond acceptors (Lipinski definition) is 6. The number of H-pyrrole nitrogens is 1. The fraction of sp³-hybridized carbons (Fsp3) is 0.261. The van der Waals surface area contributed by atoms with Crippen molar-refractivity contribution in [1.29, 1.82) is 0 Å². The number of aromatic amines is 1. The Bertz CT molecular complexity index is 1290. The monoisotopic (exact) mass is 430 g/mol. The number of amides is 1. The SMILES string of the molecule is O=C(c1ccc(-c2cnc3[nH]c(=O)n(CCc4cccnc4)c3n2)cc1)N1CCOCC1. The number of pyridine rings is 1. The van der Waals surface area contributed by atoms with Gasteiger partial charge in [0.15, 0.2) is 11.3 Å². The number of hydrogen-bond donors (Lipinski definition) is 1. The molecule has 1 saturated heterocycles. The van der Waals surface area contributed by atoms with E-state index in [1.807, 2.05) is 24.3 Å². The highest BCUT2D eigenvalue weighted by Gasteiger charge is 2.18. The Balaban J connectivity index is 1.39. The van der Waals surface area contributed by atoms with Crippen LogP contribution in [-0.4, -0.2) is 61.6 Å². The average Bonchev–Trinajstić information content (AvgIpc) is 3.17. The van der Waals surface area contributed by atoms with Crippen molar-refractivity contribution in [2.75, 3.05) is 26.3 Å². The second-order valence-electron chi connectivity index (χ2n) is 7.60. The minimum Gasteiger partial charge on any atom is -0.378 e. The van der Waals surface area contributed by atoms with E-state index in [4.69, 9.17) is 4.74 Å². The van der Waals surface area contributed by atoms with Crippen LogP contribution >= 0.6 is 0 Å². The Morgan fingerprint density at radius 3 is 2.66 bits per heavy atom. The number of aryl methyl sites for hydroxylation is 2. The van der Waals surface area contributed by atoms with Gasteiger partial charge in [-0.15, -0.1) is 0 Å². The molecule has 1 fully saturated rings. The van der Waals surface area contributed by atoms with Gasteiger partial charge in [0, 0.05) is 43.2 Å². The Labute approximate surface area is 183 Å². The number of nitrogens with zero attached hydrogens (tertiary/aromatic N) is 5. The lowest BCUT2D eigenvalue weighted by molar-refractivity contribution is 0.0303. The zero-order valence-electron chi connectivity index (χ0n) is 17.4. The predicted octanol–water partition coefficient (Wildman–Crippen LogP) is 1.90. The van der Waals surface area contributed by atoms with Crippen LogP contribution in [0.15, 0.2) is 59.8 Å². The van der Waals surface area contributed by atoms with E-state index < -0.39 is 0 Å². The predicted molar refractivity (Wildman–Crippen MR) is 118 cm³/mol. The van der Waals surface area contributed by atoms with E-state index in [1.165, 1.54) is 0 Å². The molecule has 1 N–H and O–H groups in total. The molecule has 4 heterocycles. The number of morpholine rings is 1. The number of carbonyl (C=O) groups is 1. The second kappa shape index (κ2) is 8.72. The number of carbonyl (C=O) groups excluding carboxylic acids is 1. The van der Waals surface area contributed by atoms with E-state index >= 15 is 0 Å². The molecule has 0 atom stereocenters. The molecule has 1 aliphatic rings. The van der Waals surface area contributed by atoms with Gasteiger partial charge in [0.05, 0.1) is 25.1 Å². The number of ether oxygens (including phenoxy) is 1. The molecular formula is C23H22N6O3. The van der Waals surface area contributed by atoms with Crippen LogP contribution in [0.25, 0.3) is 22.6 Å². The number of nitrogens with one attached hydrogen (secondary N) is 1. The summed E-state index contributed by atoms with van der Waals surface area (Å²) in [5.74, 6) is -0.00346. The number of aromatic nitrogens is 5. The van der Waals surface area contributed by atoms with Crippen LogP contribution in [0.1, 0.15) is 15.9 Å². The van der Waals surface area contributed by atoms with E-state index in [-0.39, 0.29) is 11.6 Å². The summed E-state index contributed by atoms with van der Waals surface area (Å²) in [5, 5.41) is 0. The van der Waals surface area contributed by atoms with Gasteiger partial charge in [0.1, 0.15) is 0 Å². The molecule has 162 valence electrons. The summed E-state index contributed by atoms with van der Waals surface area (Å²) in [7, 11) is 0. The maximum absolute atomic E-state index is 12.7. The van der Waals surface area contributed by atoms with Crippen molar-refractivity contribution in [3.63, 3.8) is 0 Å². The first kappa shape index (κ1) is 20.1. The van der Waals surface area contributed by atoms with Gasteiger partial charge in [-0.25, -0.2) is 14.8 Å². The van der Waals surface area contributed by atoms with Gasteiger partial charge < -0.3 is 9.64 Å². The number of fused-ring (bicyclic) bond motifs is 1. The maximum atomic E-state index is 12.7. The minimum atomic E-state index is -0.243. The molecule has 9 nitrogen and oxygen atoms in total. The highest BCUT2D eigenvalue weighted by molar-refractivity contribution is 5.94. The van der Waals surface area contributed by atoms with E-state index in [0.717, 1.165) is 11.1 Å². The summed E-state index contributed by atoms with van der Waals surface area (Å²) >= 11 is 0. The molecule has 5 rings (SSSR count). The van der Waals surface area contributed by atoms with Gasteiger partial charge in [-0.1, -0.05) is 18.2 Å². The molecule has 32 heavy (non-hydrogen) atoms. The van der Waals surface area contributed by atoms with E-state index in [2.05, 4.69) is 19.9 Å². The second-order valence-corrected chi connectivity index (χ2v) is 7.60. The zero-order chi connectivity index (χ0) is 21.9. The molecule has 9 heteroatoms. The number of imidazole rings is 1. The number of benzene rings is 1. The van der Waals surface area contributed by atoms with Crippen molar-refractivity contribution in [2.24, 2.45) is 0 Å². The number of rotatable bonds is 5. The summed E-state index contributed by atoms with van der Waals surface area (Å²) in [6.07, 6.45) is 5.79. The first-order valence-electron chi connectivity index (χ1n) is 10.5. The van der Waals surface area contributed by atoms with Crippen molar-refractivity contribution in [3.8, 4) is 11.3 Å². The standard InChI is InChI=1S/C23H22N6O3/c30-22(28-10-12-32-13-11-28)18-5-3-17(4-6-18)19-15-25-20-21(26-19)29(23(31)27-20)9-7-16-2-1-8-24-14-16/h1-6,8,14-15H,7,9-13H2,(H,25,27,31). The molecule has 0 saturated carbocycles. The Morgan fingerprint density at radius 1 is 1.09 bits per heavy atom. The minimum absolute atomic E-state index is 0.00346. The van der Waals surface area contributed by atoms with Gasteiger partial charge in [0.25, 0.3) is 5.91 Å². The van der Waals surface area contributed by atoms with E-state index in [9.17, 15) is 9.59 Å². The molecule has 0 radical (unpaired) electrons. The lowest BCUT2D eigenvalue weighted by Gasteiger charge is -2.26. The van der Waals surface area contributed by atoms with Crippen LogP contribution in [0.5, 0.6) is 0 Å². The van der Waals surface area contributed by atoms with Gasteiger partial charge in [-0.3, -0.25) is 19.3 Å². The van der Waals surface area contributed by atoms with Crippen molar-refractivity contribution >= 4 is 17.2 Å². The van der Waals surface area contributed by atoms with Crippen LogP contribution in [0.3, 0.4) is 0 Å². The van der Waals surface area contributed by atoms with Gasteiger partial charge in [0.2, 0.25) is 0 Å². The summed E-state index contributed by atoms with van der Waals surface area (Å²) in [6, 6.07) is 11.2. The topological polar surface area (TPSA) is 106 Å². The molecule has 0 aliphatic carbocycles. The fourth-order valence-electron chi connectivity index (χ4n) is 3.79. The normalized spacial score (nSPS) is 14.1. The molecule has 1 amide bonds. The Hall–Kier alpha value is -3.85. The van der Waals surface area contributed by atoms with Gasteiger partial charge in [-0.05, 0) is 30.2 Å². The highest BCUT2D eigenvalue weighted by Crippen LogP contribution is 2.20. The molecule has 1 aromatic carbocycles. The smallest absolute Gasteiger partial charge is 0.328 e. The lowest BCUT2D eigenvalue weighted by atomic mass is 10.1. The molecule has 0 bridgehead atoms. The molecule has 1 aliphatic heterocycles. The zero-order valence-corrected chi connectivity index (χ0v) is 17.4. The van der Waals surface area contributed by atoms with Crippen LogP contribution in [-0.2, 0) is 17.7 Å². The maximum Gasteiger partial charge on any atom is 0.328 e. The largest absolute Gasteiger partial charge is 0.378 e. The quantitative estimate of drug-likeness (QED) is 0.518. The van der Waals surface area contributed by atoms with E-state index in [1.54, 1.807) is 40.2 Å². The first-order chi connectivity index (χ1) is 15.7. The van der Waals surface area contributed by atoms with Crippen LogP contribution in [0.4, 0.5) is 0 Å². The third-order valence-corrected chi connectivity index (χ3v) is 5.55. The molecule has 4 aromatic rings. The van der Waals surface area contributed by atoms with Crippen molar-refractivity contribution in [1.82, 2.24) is 29.4 Å². The highest BCUT2D eigenvalue weighted by atomic mass is 16.5. The third kappa shape index (κ3) is 4.02. The third-order valence-electron chi connectivity index (χ3n) is 5.55. The fourth-order valence-corrected chi connectivity index (χ4v) is 3.79. The summed E-state index contributed by atoms with van der Waals surface area (Å²) in [6.45, 7) is 2.81. The summed E-state index contributed by atoms with van der Waals surface area (Å²) in [5.41, 5.74) is 3.84. The van der Waals surface area contributed by atoms with Crippen molar-refractivity contribution in [2.45, 2.75) is 13.0 Å². The Kier molecular flexibility index (Phi) is 5.47. The molecule has 3 aromatic heterocycles. The first-order valence-corrected chi connectivity index (χ1v) is 10.5. The molecular weight excluding hydrogens is 408 g/mol. The van der Waals surface area contributed by atoms with Gasteiger partial charge >= 0.3 is 5.69 Å². The average molecular weight is 430 g/mol. The summed E-state index contributed by atoms with van der Waals surface area (Å²) in [4.78, 5) is 42.8. The van der Waals surface area contributed by atoms with Crippen LogP contribution < -0.4 is 5.69 Å². The van der Waals surface area contributed by atoms with Crippen molar-refractivity contribution in [3.05, 3.63) is 76.6 Å². The summed E-state index contributed by atoms with van der Waals surface area (Å²) < 4.78 is 6.91. The van der Waals surface area contributed by atoms with Gasteiger partial charge in [-0.2, -0.15) is 0 Å². The lowest BCUT2D eigenvalue weighted by Crippen LogP contribution is -2.40. The van der Waals surface area contributed by atoms with E-state index in [0.29, 0.717) is 61.8 Å².